The standard InChI is InChI=1S/C22H22N2O5S/c1-15-9-11-21(29-3)19(13-15)24-30(26,27)17-10-12-20(28-2)18(14-17)23-22(25)16-7-5-4-6-8-16/h4-14,24H,1-3H3,(H,23,25). The van der Waals surface area contributed by atoms with Gasteiger partial charge in [0, 0.05) is 5.56 Å². The molecule has 0 aliphatic heterocycles. The molecule has 0 radical (unpaired) electrons. The first kappa shape index (κ1) is 21.2. The molecule has 30 heavy (non-hydrogen) atoms. The van der Waals surface area contributed by atoms with Gasteiger partial charge in [-0.3, -0.25) is 9.52 Å². The summed E-state index contributed by atoms with van der Waals surface area (Å²) in [4.78, 5) is 12.5. The smallest absolute Gasteiger partial charge is 0.262 e. The molecule has 0 atom stereocenters. The van der Waals surface area contributed by atoms with Gasteiger partial charge >= 0.3 is 0 Å². The van der Waals surface area contributed by atoms with E-state index < -0.39 is 10.0 Å². The molecule has 0 unspecified atom stereocenters. The Morgan fingerprint density at radius 2 is 1.47 bits per heavy atom. The number of carbonyl (C=O) groups is 1. The molecular weight excluding hydrogens is 404 g/mol. The summed E-state index contributed by atoms with van der Waals surface area (Å²) in [6.45, 7) is 1.85. The topological polar surface area (TPSA) is 93.7 Å². The second-order valence-electron chi connectivity index (χ2n) is 6.49. The van der Waals surface area contributed by atoms with Crippen LogP contribution in [-0.4, -0.2) is 28.5 Å². The van der Waals surface area contributed by atoms with Crippen LogP contribution in [0.1, 0.15) is 15.9 Å². The first-order chi connectivity index (χ1) is 14.3. The van der Waals surface area contributed by atoms with Crippen LogP contribution >= 0.6 is 0 Å². The molecule has 1 amide bonds. The Bertz CT molecular complexity index is 1160. The normalized spacial score (nSPS) is 10.9. The summed E-state index contributed by atoms with van der Waals surface area (Å²) in [6.07, 6.45) is 0. The SMILES string of the molecule is COc1ccc(S(=O)(=O)Nc2cc(C)ccc2OC)cc1NC(=O)c1ccccc1. The van der Waals surface area contributed by atoms with Gasteiger partial charge in [-0.2, -0.15) is 0 Å². The van der Waals surface area contributed by atoms with Gasteiger partial charge in [0.05, 0.1) is 30.5 Å². The fourth-order valence-electron chi connectivity index (χ4n) is 2.84. The predicted molar refractivity (Wildman–Crippen MR) is 116 cm³/mol. The molecule has 0 aromatic heterocycles. The minimum Gasteiger partial charge on any atom is -0.495 e. The third kappa shape index (κ3) is 4.72. The quantitative estimate of drug-likeness (QED) is 0.594. The van der Waals surface area contributed by atoms with Gasteiger partial charge in [-0.25, -0.2) is 8.42 Å². The molecule has 0 spiro atoms. The molecule has 0 saturated carbocycles. The third-order valence-corrected chi connectivity index (χ3v) is 5.73. The van der Waals surface area contributed by atoms with Crippen LogP contribution in [0.15, 0.2) is 71.6 Å². The van der Waals surface area contributed by atoms with E-state index in [0.717, 1.165) is 5.56 Å². The molecule has 0 heterocycles. The second kappa shape index (κ2) is 8.87. The number of hydrogen-bond acceptors (Lipinski definition) is 5. The Labute approximate surface area is 175 Å². The number of nitrogens with one attached hydrogen (secondary N) is 2. The van der Waals surface area contributed by atoms with E-state index in [2.05, 4.69) is 10.0 Å². The Morgan fingerprint density at radius 3 is 2.13 bits per heavy atom. The fourth-order valence-corrected chi connectivity index (χ4v) is 3.93. The molecule has 3 aromatic rings. The van der Waals surface area contributed by atoms with Crippen molar-refractivity contribution < 1.29 is 22.7 Å². The van der Waals surface area contributed by atoms with Gasteiger partial charge in [-0.15, -0.1) is 0 Å². The lowest BCUT2D eigenvalue weighted by Gasteiger charge is -2.15. The zero-order chi connectivity index (χ0) is 21.7. The van der Waals surface area contributed by atoms with Crippen LogP contribution in [0.3, 0.4) is 0 Å². The van der Waals surface area contributed by atoms with Crippen LogP contribution in [-0.2, 0) is 10.0 Å². The van der Waals surface area contributed by atoms with Crippen LogP contribution in [0.25, 0.3) is 0 Å². The number of sulfonamides is 1. The molecular formula is C22H22N2O5S. The van der Waals surface area contributed by atoms with Crippen LogP contribution in [0.4, 0.5) is 11.4 Å². The van der Waals surface area contributed by atoms with Crippen LogP contribution in [0, 0.1) is 6.92 Å². The average molecular weight is 426 g/mol. The van der Waals surface area contributed by atoms with Crippen molar-refractivity contribution in [3.05, 3.63) is 77.9 Å². The van der Waals surface area contributed by atoms with Crippen molar-refractivity contribution in [3.63, 3.8) is 0 Å². The molecule has 3 rings (SSSR count). The molecule has 0 fully saturated rings. The summed E-state index contributed by atoms with van der Waals surface area (Å²) in [5, 5.41) is 2.70. The molecule has 0 aliphatic carbocycles. The van der Waals surface area contributed by atoms with Gasteiger partial charge in [0.25, 0.3) is 15.9 Å². The number of methoxy groups -OCH3 is 2. The highest BCUT2D eigenvalue weighted by atomic mass is 32.2. The Kier molecular flexibility index (Phi) is 6.27. The van der Waals surface area contributed by atoms with Crippen molar-refractivity contribution in [1.82, 2.24) is 0 Å². The van der Waals surface area contributed by atoms with E-state index in [4.69, 9.17) is 9.47 Å². The van der Waals surface area contributed by atoms with Gasteiger partial charge in [0.1, 0.15) is 11.5 Å². The lowest BCUT2D eigenvalue weighted by molar-refractivity contribution is 0.102. The Hall–Kier alpha value is -3.52. The van der Waals surface area contributed by atoms with E-state index in [0.29, 0.717) is 22.7 Å². The Morgan fingerprint density at radius 1 is 0.833 bits per heavy atom. The van der Waals surface area contributed by atoms with Crippen molar-refractivity contribution in [2.45, 2.75) is 11.8 Å². The van der Waals surface area contributed by atoms with E-state index >= 15 is 0 Å². The van der Waals surface area contributed by atoms with Crippen LogP contribution < -0.4 is 19.5 Å². The largest absolute Gasteiger partial charge is 0.495 e. The summed E-state index contributed by atoms with van der Waals surface area (Å²) in [6, 6.07) is 18.0. The van der Waals surface area contributed by atoms with Crippen molar-refractivity contribution in [3.8, 4) is 11.5 Å². The molecule has 0 bridgehead atoms. The monoisotopic (exact) mass is 426 g/mol. The van der Waals surface area contributed by atoms with E-state index in [-0.39, 0.29) is 16.5 Å². The maximum Gasteiger partial charge on any atom is 0.262 e. The summed E-state index contributed by atoms with van der Waals surface area (Å²) in [5.41, 5.74) is 1.88. The Balaban J connectivity index is 1.93. The summed E-state index contributed by atoms with van der Waals surface area (Å²) < 4.78 is 39.0. The molecule has 7 nitrogen and oxygen atoms in total. The van der Waals surface area contributed by atoms with Gasteiger partial charge in [-0.1, -0.05) is 24.3 Å². The van der Waals surface area contributed by atoms with E-state index in [1.54, 1.807) is 42.5 Å². The molecule has 3 aromatic carbocycles. The number of hydrogen-bond donors (Lipinski definition) is 2. The molecule has 2 N–H and O–H groups in total. The van der Waals surface area contributed by atoms with E-state index in [1.165, 1.54) is 32.4 Å². The average Bonchev–Trinajstić information content (AvgIpc) is 2.74. The number of ether oxygens (including phenoxy) is 2. The predicted octanol–water partition coefficient (Wildman–Crippen LogP) is 4.07. The highest BCUT2D eigenvalue weighted by molar-refractivity contribution is 7.92. The van der Waals surface area contributed by atoms with Crippen molar-refractivity contribution >= 4 is 27.3 Å². The maximum absolute atomic E-state index is 13.0. The highest BCUT2D eigenvalue weighted by Crippen LogP contribution is 2.31. The van der Waals surface area contributed by atoms with Crippen molar-refractivity contribution in [2.75, 3.05) is 24.3 Å². The zero-order valence-corrected chi connectivity index (χ0v) is 17.6. The first-order valence-corrected chi connectivity index (χ1v) is 10.5. The summed E-state index contributed by atoms with van der Waals surface area (Å²) >= 11 is 0. The highest BCUT2D eigenvalue weighted by Gasteiger charge is 2.20. The third-order valence-electron chi connectivity index (χ3n) is 4.36. The van der Waals surface area contributed by atoms with E-state index in [9.17, 15) is 13.2 Å². The number of amides is 1. The number of rotatable bonds is 7. The van der Waals surface area contributed by atoms with Gasteiger partial charge in [-0.05, 0) is 55.0 Å². The number of anilines is 2. The van der Waals surface area contributed by atoms with Crippen molar-refractivity contribution in [2.24, 2.45) is 0 Å². The minimum absolute atomic E-state index is 0.0322. The zero-order valence-electron chi connectivity index (χ0n) is 16.8. The fraction of sp³-hybridized carbons (Fsp3) is 0.136. The number of aryl methyl sites for hydroxylation is 1. The lowest BCUT2D eigenvalue weighted by Crippen LogP contribution is -2.16. The molecule has 0 saturated heterocycles. The molecule has 8 heteroatoms. The molecule has 156 valence electrons. The van der Waals surface area contributed by atoms with Crippen LogP contribution in [0.5, 0.6) is 11.5 Å². The lowest BCUT2D eigenvalue weighted by atomic mass is 10.2. The number of benzene rings is 3. The van der Waals surface area contributed by atoms with Crippen LogP contribution in [0.2, 0.25) is 0 Å². The summed E-state index contributed by atoms with van der Waals surface area (Å²) in [5.74, 6) is 0.360. The van der Waals surface area contributed by atoms with Gasteiger partial charge in [0.15, 0.2) is 0 Å². The maximum atomic E-state index is 13.0. The molecule has 0 aliphatic rings. The van der Waals surface area contributed by atoms with E-state index in [1.807, 2.05) is 13.0 Å². The second-order valence-corrected chi connectivity index (χ2v) is 8.17. The van der Waals surface area contributed by atoms with Gasteiger partial charge < -0.3 is 14.8 Å². The first-order valence-electron chi connectivity index (χ1n) is 9.06. The van der Waals surface area contributed by atoms with Gasteiger partial charge in [0.2, 0.25) is 0 Å². The number of carbonyl (C=O) groups excluding carboxylic acids is 1. The minimum atomic E-state index is -3.95. The summed E-state index contributed by atoms with van der Waals surface area (Å²) in [7, 11) is -1.04. The van der Waals surface area contributed by atoms with Crippen molar-refractivity contribution in [1.29, 1.82) is 0 Å².